The number of nitrogens with zero attached hydrogens (tertiary/aromatic N) is 2. The first-order valence-corrected chi connectivity index (χ1v) is 4.37. The molecular formula is C6H3N2S2. The average Bonchev–Trinajstić information content (AvgIpc) is 2.59. The van der Waals surface area contributed by atoms with E-state index in [2.05, 4.69) is 15.5 Å². The fourth-order valence-corrected chi connectivity index (χ4v) is 1.90. The van der Waals surface area contributed by atoms with Gasteiger partial charge in [-0.2, -0.15) is 0 Å². The highest BCUT2D eigenvalue weighted by Crippen LogP contribution is 2.25. The predicted octanol–water partition coefficient (Wildman–Crippen LogP) is 2.07. The molecular weight excluding hydrogens is 164 g/mol. The number of hydrogen-bond donors (Lipinski definition) is 0. The van der Waals surface area contributed by atoms with Gasteiger partial charge in [-0.05, 0) is 0 Å². The molecule has 0 aliphatic rings. The average molecular weight is 167 g/mol. The quantitative estimate of drug-likeness (QED) is 0.649. The highest BCUT2D eigenvalue weighted by atomic mass is 32.1. The molecule has 0 fully saturated rings. The van der Waals surface area contributed by atoms with E-state index in [0.717, 1.165) is 4.88 Å². The van der Waals surface area contributed by atoms with Crippen molar-refractivity contribution in [3.8, 4) is 9.75 Å². The Kier molecular flexibility index (Phi) is 1.49. The monoisotopic (exact) mass is 167 g/mol. The van der Waals surface area contributed by atoms with Crippen LogP contribution in [-0.2, 0) is 0 Å². The van der Waals surface area contributed by atoms with Gasteiger partial charge in [0.25, 0.3) is 0 Å². The van der Waals surface area contributed by atoms with Gasteiger partial charge in [-0.3, -0.25) is 4.98 Å². The van der Waals surface area contributed by atoms with Crippen LogP contribution in [0.2, 0.25) is 0 Å². The molecule has 2 heterocycles. The zero-order chi connectivity index (χ0) is 6.81. The number of thiazole rings is 2. The molecule has 1 radical (unpaired) electrons. The summed E-state index contributed by atoms with van der Waals surface area (Å²) in [5.41, 5.74) is 4.60. The molecule has 0 unspecified atom stereocenters. The van der Waals surface area contributed by atoms with Crippen LogP contribution in [0.3, 0.4) is 0 Å². The van der Waals surface area contributed by atoms with Crippen molar-refractivity contribution < 1.29 is 0 Å². The minimum absolute atomic E-state index is 1.14. The van der Waals surface area contributed by atoms with Crippen molar-refractivity contribution in [1.29, 1.82) is 0 Å². The zero-order valence-corrected chi connectivity index (χ0v) is 6.58. The molecule has 0 amide bonds. The second-order valence-electron chi connectivity index (χ2n) is 1.68. The van der Waals surface area contributed by atoms with Crippen molar-refractivity contribution in [1.82, 2.24) is 9.97 Å². The van der Waals surface area contributed by atoms with Gasteiger partial charge in [-0.1, -0.05) is 0 Å². The van der Waals surface area contributed by atoms with Crippen LogP contribution in [0, 0.1) is 5.51 Å². The minimum atomic E-state index is 1.14. The first kappa shape index (κ1) is 6.00. The van der Waals surface area contributed by atoms with E-state index in [4.69, 9.17) is 0 Å². The molecule has 0 N–H and O–H groups in total. The lowest BCUT2D eigenvalue weighted by atomic mass is 10.5. The molecule has 0 aliphatic heterocycles. The maximum Gasteiger partial charge on any atom is 0.152 e. The predicted molar refractivity (Wildman–Crippen MR) is 42.1 cm³/mol. The van der Waals surface area contributed by atoms with Crippen LogP contribution in [0.15, 0.2) is 17.9 Å². The first-order chi connectivity index (χ1) is 4.97. The zero-order valence-electron chi connectivity index (χ0n) is 4.94. The Labute approximate surface area is 66.2 Å². The maximum absolute atomic E-state index is 3.96. The smallest absolute Gasteiger partial charge is 0.152 e. The van der Waals surface area contributed by atoms with Gasteiger partial charge in [0.2, 0.25) is 0 Å². The molecule has 2 aromatic heterocycles. The molecule has 4 heteroatoms. The topological polar surface area (TPSA) is 25.8 Å². The van der Waals surface area contributed by atoms with Crippen molar-refractivity contribution in [2.45, 2.75) is 0 Å². The van der Waals surface area contributed by atoms with Gasteiger partial charge in [0.05, 0.1) is 15.3 Å². The van der Waals surface area contributed by atoms with Crippen molar-refractivity contribution in [2.75, 3.05) is 0 Å². The molecule has 0 aliphatic carbocycles. The normalized spacial score (nSPS) is 10.0. The van der Waals surface area contributed by atoms with Gasteiger partial charge in [0.15, 0.2) is 5.51 Å². The lowest BCUT2D eigenvalue weighted by Crippen LogP contribution is -1.58. The van der Waals surface area contributed by atoms with E-state index in [-0.39, 0.29) is 0 Å². The van der Waals surface area contributed by atoms with E-state index >= 15 is 0 Å². The van der Waals surface area contributed by atoms with Crippen LogP contribution in [0.1, 0.15) is 0 Å². The number of hydrogen-bond acceptors (Lipinski definition) is 4. The van der Waals surface area contributed by atoms with E-state index in [0.29, 0.717) is 0 Å². The number of rotatable bonds is 1. The summed E-state index contributed by atoms with van der Waals surface area (Å²) in [7, 11) is 0. The fourth-order valence-electron chi connectivity index (χ4n) is 0.638. The van der Waals surface area contributed by atoms with Crippen molar-refractivity contribution in [3.63, 3.8) is 0 Å². The van der Waals surface area contributed by atoms with E-state index in [9.17, 15) is 0 Å². The van der Waals surface area contributed by atoms with Crippen molar-refractivity contribution >= 4 is 22.7 Å². The van der Waals surface area contributed by atoms with Crippen molar-refractivity contribution in [2.24, 2.45) is 0 Å². The third-order valence-corrected chi connectivity index (χ3v) is 2.74. The minimum Gasteiger partial charge on any atom is -0.252 e. The molecule has 0 saturated carbocycles. The molecule has 2 aromatic rings. The summed E-state index contributed by atoms with van der Waals surface area (Å²) in [6.07, 6.45) is 3.64. The molecule has 0 bridgehead atoms. The van der Waals surface area contributed by atoms with Gasteiger partial charge in [-0.15, -0.1) is 22.7 Å². The Morgan fingerprint density at radius 1 is 1.30 bits per heavy atom. The van der Waals surface area contributed by atoms with Crippen LogP contribution in [0.4, 0.5) is 0 Å². The first-order valence-electron chi connectivity index (χ1n) is 2.67. The molecule has 0 atom stereocenters. The Bertz CT molecular complexity index is 253. The Morgan fingerprint density at radius 3 is 2.90 bits per heavy atom. The van der Waals surface area contributed by atoms with Gasteiger partial charge < -0.3 is 0 Å². The van der Waals surface area contributed by atoms with E-state index < -0.39 is 0 Å². The van der Waals surface area contributed by atoms with Crippen LogP contribution in [0.5, 0.6) is 0 Å². The van der Waals surface area contributed by atoms with Crippen LogP contribution < -0.4 is 0 Å². The van der Waals surface area contributed by atoms with E-state index in [1.165, 1.54) is 16.2 Å². The van der Waals surface area contributed by atoms with Gasteiger partial charge in [-0.25, -0.2) is 4.98 Å². The third-order valence-electron chi connectivity index (χ3n) is 1.07. The van der Waals surface area contributed by atoms with Crippen LogP contribution in [-0.4, -0.2) is 9.97 Å². The summed E-state index contributed by atoms with van der Waals surface area (Å²) in [6, 6.07) is 0. The summed E-state index contributed by atoms with van der Waals surface area (Å²) in [5, 5.41) is 0. The Morgan fingerprint density at radius 2 is 2.30 bits per heavy atom. The largest absolute Gasteiger partial charge is 0.252 e. The molecule has 49 valence electrons. The summed E-state index contributed by atoms with van der Waals surface area (Å²) in [5.74, 6) is 0. The molecule has 10 heavy (non-hydrogen) atoms. The highest BCUT2D eigenvalue weighted by molar-refractivity contribution is 7.19. The van der Waals surface area contributed by atoms with E-state index in [1.807, 2.05) is 11.7 Å². The standard InChI is InChI=1S/C6H3N2S2/c1-5(9-3-7-1)6-2-8-4-10-6/h1-3H. The Balaban J connectivity index is 2.48. The van der Waals surface area contributed by atoms with E-state index in [1.54, 1.807) is 17.5 Å². The summed E-state index contributed by atoms with van der Waals surface area (Å²) in [4.78, 5) is 10.1. The van der Waals surface area contributed by atoms with Crippen molar-refractivity contribution in [3.05, 3.63) is 23.4 Å². The Hall–Kier alpha value is -0.740. The lowest BCUT2D eigenvalue weighted by Gasteiger charge is -1.81. The third kappa shape index (κ3) is 0.955. The molecule has 2 rings (SSSR count). The molecule has 2 nitrogen and oxygen atoms in total. The summed E-state index contributed by atoms with van der Waals surface area (Å²) in [6.45, 7) is 0. The fraction of sp³-hybridized carbons (Fsp3) is 0. The van der Waals surface area contributed by atoms with Crippen LogP contribution >= 0.6 is 22.7 Å². The van der Waals surface area contributed by atoms with Crippen LogP contribution in [0.25, 0.3) is 9.75 Å². The molecule has 0 saturated heterocycles. The molecule has 0 aromatic carbocycles. The van der Waals surface area contributed by atoms with Gasteiger partial charge >= 0.3 is 0 Å². The summed E-state index contributed by atoms with van der Waals surface area (Å²) >= 11 is 3.13. The maximum atomic E-state index is 3.96. The highest BCUT2D eigenvalue weighted by Gasteiger charge is 1.98. The lowest BCUT2D eigenvalue weighted by molar-refractivity contribution is 1.40. The van der Waals surface area contributed by atoms with Gasteiger partial charge in [0, 0.05) is 12.4 Å². The SMILES string of the molecule is [c]1ncc(-c2cncs2)s1. The van der Waals surface area contributed by atoms with Gasteiger partial charge in [0.1, 0.15) is 0 Å². The second kappa shape index (κ2) is 2.48. The molecule has 0 spiro atoms. The number of aromatic nitrogens is 2. The summed E-state index contributed by atoms with van der Waals surface area (Å²) < 4.78 is 0. The second-order valence-corrected chi connectivity index (χ2v) is 3.39.